The van der Waals surface area contributed by atoms with Gasteiger partial charge in [0.1, 0.15) is 16.4 Å². The molecule has 0 amide bonds. The molecule has 0 aromatic carbocycles. The highest BCUT2D eigenvalue weighted by Crippen LogP contribution is 2.26. The van der Waals surface area contributed by atoms with E-state index in [1.807, 2.05) is 7.05 Å². The van der Waals surface area contributed by atoms with Crippen LogP contribution in [-0.4, -0.2) is 48.8 Å². The maximum Gasteiger partial charge on any atom is 0.133 e. The Kier molecular flexibility index (Phi) is 5.27. The first-order chi connectivity index (χ1) is 7.22. The summed E-state index contributed by atoms with van der Waals surface area (Å²) < 4.78 is 5.75. The largest absolute Gasteiger partial charge is 0.371 e. The standard InChI is InChI=1S/C9H13N3OS2/c1-12-2-3-13-9(4-12,5-14-7-10)6-15-8-11/h2-6H2,1H3. The summed E-state index contributed by atoms with van der Waals surface area (Å²) in [6, 6.07) is 0. The van der Waals surface area contributed by atoms with Crippen molar-refractivity contribution >= 4 is 23.5 Å². The molecule has 82 valence electrons. The summed E-state index contributed by atoms with van der Waals surface area (Å²) in [6.45, 7) is 2.38. The number of thioether (sulfide) groups is 2. The highest BCUT2D eigenvalue weighted by Gasteiger charge is 2.35. The van der Waals surface area contributed by atoms with E-state index in [0.717, 1.165) is 13.1 Å². The quantitative estimate of drug-likeness (QED) is 0.689. The maximum absolute atomic E-state index is 8.57. The summed E-state index contributed by atoms with van der Waals surface area (Å²) in [5.41, 5.74) is -0.339. The van der Waals surface area contributed by atoms with E-state index in [4.69, 9.17) is 15.3 Å². The SMILES string of the molecule is CN1CCOC(CSC#N)(CSC#N)C1. The normalized spacial score (nSPS) is 20.5. The number of rotatable bonds is 4. The first-order valence-electron chi connectivity index (χ1n) is 4.57. The van der Waals surface area contributed by atoms with Gasteiger partial charge in [-0.3, -0.25) is 0 Å². The van der Waals surface area contributed by atoms with Crippen molar-refractivity contribution in [2.24, 2.45) is 0 Å². The number of morpholine rings is 1. The summed E-state index contributed by atoms with van der Waals surface area (Å²) in [5.74, 6) is 1.25. The molecule has 0 N–H and O–H groups in total. The van der Waals surface area contributed by atoms with E-state index < -0.39 is 0 Å². The minimum Gasteiger partial charge on any atom is -0.371 e. The van der Waals surface area contributed by atoms with Crippen molar-refractivity contribution in [3.63, 3.8) is 0 Å². The molecule has 0 radical (unpaired) electrons. The minimum absolute atomic E-state index is 0.339. The fourth-order valence-electron chi connectivity index (χ4n) is 1.58. The molecule has 1 fully saturated rings. The van der Waals surface area contributed by atoms with E-state index in [1.54, 1.807) is 0 Å². The average Bonchev–Trinajstić information content (AvgIpc) is 2.24. The Morgan fingerprint density at radius 1 is 1.33 bits per heavy atom. The minimum atomic E-state index is -0.339. The summed E-state index contributed by atoms with van der Waals surface area (Å²) in [6.07, 6.45) is 0. The molecule has 1 aliphatic rings. The monoisotopic (exact) mass is 243 g/mol. The Bertz CT molecular complexity index is 266. The van der Waals surface area contributed by atoms with Crippen LogP contribution in [0.1, 0.15) is 0 Å². The third kappa shape index (κ3) is 3.92. The van der Waals surface area contributed by atoms with E-state index in [9.17, 15) is 0 Å². The van der Waals surface area contributed by atoms with Crippen molar-refractivity contribution in [1.82, 2.24) is 4.90 Å². The van der Waals surface area contributed by atoms with Crippen LogP contribution in [0.25, 0.3) is 0 Å². The van der Waals surface area contributed by atoms with Crippen molar-refractivity contribution in [3.8, 4) is 10.8 Å². The van der Waals surface area contributed by atoms with Gasteiger partial charge in [-0.25, -0.2) is 0 Å². The lowest BCUT2D eigenvalue weighted by Crippen LogP contribution is -2.53. The second-order valence-corrected chi connectivity index (χ2v) is 5.05. The molecule has 0 aliphatic carbocycles. The van der Waals surface area contributed by atoms with E-state index >= 15 is 0 Å². The number of hydrogen-bond acceptors (Lipinski definition) is 6. The van der Waals surface area contributed by atoms with Gasteiger partial charge in [-0.15, -0.1) is 0 Å². The molecular weight excluding hydrogens is 230 g/mol. The Balaban J connectivity index is 2.58. The third-order valence-electron chi connectivity index (χ3n) is 2.24. The van der Waals surface area contributed by atoms with Gasteiger partial charge < -0.3 is 9.64 Å². The Labute approximate surface area is 98.6 Å². The molecule has 0 spiro atoms. The topological polar surface area (TPSA) is 60.0 Å². The van der Waals surface area contributed by atoms with E-state index in [-0.39, 0.29) is 5.60 Å². The number of likely N-dealkylation sites (N-methyl/N-ethyl adjacent to an activating group) is 1. The molecule has 4 nitrogen and oxygen atoms in total. The molecule has 0 unspecified atom stereocenters. The van der Waals surface area contributed by atoms with Crippen molar-refractivity contribution in [3.05, 3.63) is 0 Å². The van der Waals surface area contributed by atoms with Crippen molar-refractivity contribution in [2.45, 2.75) is 5.60 Å². The smallest absolute Gasteiger partial charge is 0.133 e. The lowest BCUT2D eigenvalue weighted by molar-refractivity contribution is -0.0723. The van der Waals surface area contributed by atoms with Crippen LogP contribution in [0.2, 0.25) is 0 Å². The van der Waals surface area contributed by atoms with Crippen LogP contribution in [0.5, 0.6) is 0 Å². The molecule has 0 atom stereocenters. The zero-order valence-electron chi connectivity index (χ0n) is 8.60. The molecule has 0 aromatic rings. The molecule has 15 heavy (non-hydrogen) atoms. The number of hydrogen-bond donors (Lipinski definition) is 0. The molecule has 0 saturated carbocycles. The average molecular weight is 243 g/mol. The van der Waals surface area contributed by atoms with Gasteiger partial charge in [-0.05, 0) is 30.6 Å². The van der Waals surface area contributed by atoms with Gasteiger partial charge in [0, 0.05) is 24.6 Å². The van der Waals surface area contributed by atoms with Crippen LogP contribution < -0.4 is 0 Å². The van der Waals surface area contributed by atoms with Crippen LogP contribution >= 0.6 is 23.5 Å². The molecule has 1 saturated heterocycles. The molecule has 0 aromatic heterocycles. The lowest BCUT2D eigenvalue weighted by Gasteiger charge is -2.40. The van der Waals surface area contributed by atoms with Gasteiger partial charge in [-0.2, -0.15) is 10.5 Å². The maximum atomic E-state index is 8.57. The predicted molar refractivity (Wildman–Crippen MR) is 62.3 cm³/mol. The summed E-state index contributed by atoms with van der Waals surface area (Å²) in [7, 11) is 2.03. The fraction of sp³-hybridized carbons (Fsp3) is 0.778. The summed E-state index contributed by atoms with van der Waals surface area (Å²) >= 11 is 2.39. The van der Waals surface area contributed by atoms with Gasteiger partial charge in [0.25, 0.3) is 0 Å². The highest BCUT2D eigenvalue weighted by atomic mass is 32.2. The van der Waals surface area contributed by atoms with Crippen molar-refractivity contribution in [1.29, 1.82) is 10.5 Å². The number of ether oxygens (including phenoxy) is 1. The molecule has 0 bridgehead atoms. The third-order valence-corrected chi connectivity index (χ3v) is 3.84. The second kappa shape index (κ2) is 6.24. The van der Waals surface area contributed by atoms with Gasteiger partial charge in [0.2, 0.25) is 0 Å². The summed E-state index contributed by atoms with van der Waals surface area (Å²) in [5, 5.41) is 21.3. The second-order valence-electron chi connectivity index (χ2n) is 3.53. The summed E-state index contributed by atoms with van der Waals surface area (Å²) in [4.78, 5) is 2.18. The number of thiocyanates is 2. The van der Waals surface area contributed by atoms with E-state index in [0.29, 0.717) is 18.1 Å². The molecule has 1 rings (SSSR count). The lowest BCUT2D eigenvalue weighted by atomic mass is 10.1. The van der Waals surface area contributed by atoms with E-state index in [2.05, 4.69) is 15.7 Å². The molecule has 1 heterocycles. The van der Waals surface area contributed by atoms with Crippen LogP contribution in [0.15, 0.2) is 0 Å². The zero-order chi connectivity index (χ0) is 11.1. The van der Waals surface area contributed by atoms with E-state index in [1.165, 1.54) is 23.5 Å². The Morgan fingerprint density at radius 2 is 1.93 bits per heavy atom. The zero-order valence-corrected chi connectivity index (χ0v) is 10.2. The Hall–Kier alpha value is -0.400. The van der Waals surface area contributed by atoms with Gasteiger partial charge in [0.15, 0.2) is 0 Å². The number of nitrogens with zero attached hydrogens (tertiary/aromatic N) is 3. The van der Waals surface area contributed by atoms with Crippen molar-refractivity contribution < 1.29 is 4.74 Å². The highest BCUT2D eigenvalue weighted by molar-refractivity contribution is 8.04. The van der Waals surface area contributed by atoms with Gasteiger partial charge >= 0.3 is 0 Å². The van der Waals surface area contributed by atoms with Gasteiger partial charge in [-0.1, -0.05) is 0 Å². The Morgan fingerprint density at radius 3 is 2.40 bits per heavy atom. The first-order valence-corrected chi connectivity index (χ1v) is 6.54. The van der Waals surface area contributed by atoms with Crippen molar-refractivity contribution in [2.75, 3.05) is 38.2 Å². The predicted octanol–water partition coefficient (Wildman–Crippen LogP) is 1.12. The number of nitriles is 2. The van der Waals surface area contributed by atoms with Crippen LogP contribution in [0.4, 0.5) is 0 Å². The van der Waals surface area contributed by atoms with Gasteiger partial charge in [0.05, 0.1) is 6.61 Å². The fourth-order valence-corrected chi connectivity index (χ4v) is 2.92. The molecule has 1 aliphatic heterocycles. The van der Waals surface area contributed by atoms with Crippen LogP contribution in [0.3, 0.4) is 0 Å². The van der Waals surface area contributed by atoms with Crippen LogP contribution in [0, 0.1) is 21.3 Å². The molecule has 6 heteroatoms. The molecular formula is C9H13N3OS2. The van der Waals surface area contributed by atoms with Crippen LogP contribution in [-0.2, 0) is 4.74 Å². The first kappa shape index (κ1) is 12.7.